The number of hydrogen-bond acceptors (Lipinski definition) is 5. The number of rotatable bonds is 6. The first-order valence-corrected chi connectivity index (χ1v) is 10.4. The summed E-state index contributed by atoms with van der Waals surface area (Å²) in [7, 11) is 0. The molecule has 5 nitrogen and oxygen atoms in total. The molecule has 1 unspecified atom stereocenters. The summed E-state index contributed by atoms with van der Waals surface area (Å²) in [5, 5.41) is 0.703. The molecule has 3 aromatic rings. The Morgan fingerprint density at radius 2 is 2.11 bits per heavy atom. The minimum absolute atomic E-state index is 0.0227. The van der Waals surface area contributed by atoms with Gasteiger partial charge >= 0.3 is 0 Å². The monoisotopic (exact) mass is 396 g/mol. The molecule has 4 rings (SSSR count). The van der Waals surface area contributed by atoms with Crippen LogP contribution in [0.3, 0.4) is 0 Å². The van der Waals surface area contributed by atoms with Gasteiger partial charge in [-0.15, -0.1) is 0 Å². The highest BCUT2D eigenvalue weighted by molar-refractivity contribution is 7.22. The maximum Gasteiger partial charge on any atom is 0.266 e. The number of nitrogens with zero attached hydrogens (tertiary/aromatic N) is 2. The van der Waals surface area contributed by atoms with Crippen molar-refractivity contribution in [3.8, 4) is 5.75 Å². The van der Waals surface area contributed by atoms with Gasteiger partial charge in [0.05, 0.1) is 22.9 Å². The van der Waals surface area contributed by atoms with E-state index in [2.05, 4.69) is 13.0 Å². The number of thiazole rings is 1. The topological polar surface area (TPSA) is 51.7 Å². The molecule has 1 aliphatic heterocycles. The van der Waals surface area contributed by atoms with E-state index >= 15 is 0 Å². The first kappa shape index (κ1) is 18.9. The third-order valence-electron chi connectivity index (χ3n) is 4.83. The molecule has 2 aromatic carbocycles. The zero-order valence-electron chi connectivity index (χ0n) is 16.2. The Kier molecular flexibility index (Phi) is 5.59. The fourth-order valence-corrected chi connectivity index (χ4v) is 4.43. The van der Waals surface area contributed by atoms with Crippen LogP contribution < -0.4 is 9.64 Å². The lowest BCUT2D eigenvalue weighted by Gasteiger charge is -2.23. The summed E-state index contributed by atoms with van der Waals surface area (Å²) in [4.78, 5) is 19.5. The molecule has 0 saturated carbocycles. The summed E-state index contributed by atoms with van der Waals surface area (Å²) in [6, 6.07) is 13.9. The molecule has 146 valence electrons. The van der Waals surface area contributed by atoms with Crippen molar-refractivity contribution in [1.82, 2.24) is 4.98 Å². The van der Waals surface area contributed by atoms with E-state index in [4.69, 9.17) is 14.5 Å². The second-order valence-electron chi connectivity index (χ2n) is 7.21. The van der Waals surface area contributed by atoms with Crippen molar-refractivity contribution < 1.29 is 14.3 Å². The molecule has 0 radical (unpaired) electrons. The van der Waals surface area contributed by atoms with E-state index in [1.165, 1.54) is 16.9 Å². The molecule has 1 amide bonds. The van der Waals surface area contributed by atoms with Gasteiger partial charge in [-0.2, -0.15) is 0 Å². The van der Waals surface area contributed by atoms with Crippen LogP contribution in [0.5, 0.6) is 5.75 Å². The van der Waals surface area contributed by atoms with E-state index in [-0.39, 0.29) is 18.6 Å². The van der Waals surface area contributed by atoms with Crippen molar-refractivity contribution in [3.63, 3.8) is 0 Å². The molecule has 1 fully saturated rings. The van der Waals surface area contributed by atoms with Crippen molar-refractivity contribution in [2.45, 2.75) is 32.8 Å². The highest BCUT2D eigenvalue weighted by atomic mass is 32.1. The molecule has 0 bridgehead atoms. The third kappa shape index (κ3) is 4.34. The Labute approximate surface area is 168 Å². The first-order valence-electron chi connectivity index (χ1n) is 9.57. The van der Waals surface area contributed by atoms with Gasteiger partial charge in [-0.3, -0.25) is 9.69 Å². The molecule has 6 heteroatoms. The van der Waals surface area contributed by atoms with Gasteiger partial charge in [-0.25, -0.2) is 4.98 Å². The van der Waals surface area contributed by atoms with Crippen LogP contribution in [0.15, 0.2) is 42.5 Å². The SMILES string of the molecule is Cc1cccc(OCC(=O)N(CC2CCCO2)c2nc3ccc(C)cc3s2)c1. The lowest BCUT2D eigenvalue weighted by molar-refractivity contribution is -0.120. The summed E-state index contributed by atoms with van der Waals surface area (Å²) < 4.78 is 12.6. The van der Waals surface area contributed by atoms with Crippen LogP contribution in [0.25, 0.3) is 10.2 Å². The number of amides is 1. The van der Waals surface area contributed by atoms with Gasteiger partial charge in [0.15, 0.2) is 11.7 Å². The highest BCUT2D eigenvalue weighted by Gasteiger charge is 2.26. The van der Waals surface area contributed by atoms with Crippen LogP contribution in [0, 0.1) is 13.8 Å². The van der Waals surface area contributed by atoms with Gasteiger partial charge < -0.3 is 9.47 Å². The number of hydrogen-bond donors (Lipinski definition) is 0. The predicted octanol–water partition coefficient (Wildman–Crippen LogP) is 4.50. The Hall–Kier alpha value is -2.44. The van der Waals surface area contributed by atoms with E-state index < -0.39 is 0 Å². The van der Waals surface area contributed by atoms with Gasteiger partial charge in [0.25, 0.3) is 5.91 Å². The molecular weight excluding hydrogens is 372 g/mol. The number of ether oxygens (including phenoxy) is 2. The number of fused-ring (bicyclic) bond motifs is 1. The van der Waals surface area contributed by atoms with E-state index in [1.807, 2.05) is 43.3 Å². The Morgan fingerprint density at radius 1 is 1.25 bits per heavy atom. The van der Waals surface area contributed by atoms with Crippen LogP contribution >= 0.6 is 11.3 Å². The minimum atomic E-state index is -0.104. The van der Waals surface area contributed by atoms with Crippen LogP contribution in [0.4, 0.5) is 5.13 Å². The standard InChI is InChI=1S/C22H24N2O3S/c1-15-5-3-6-17(11-15)27-14-21(25)24(13-18-7-4-10-26-18)22-23-19-9-8-16(2)12-20(19)28-22/h3,5-6,8-9,11-12,18H,4,7,10,13-14H2,1-2H3. The normalized spacial score (nSPS) is 16.4. The smallest absolute Gasteiger partial charge is 0.266 e. The number of anilines is 1. The lowest BCUT2D eigenvalue weighted by Crippen LogP contribution is -2.40. The van der Waals surface area contributed by atoms with Crippen LogP contribution in [-0.4, -0.2) is 36.8 Å². The second-order valence-corrected chi connectivity index (χ2v) is 8.22. The third-order valence-corrected chi connectivity index (χ3v) is 5.87. The molecule has 0 spiro atoms. The molecule has 28 heavy (non-hydrogen) atoms. The zero-order valence-corrected chi connectivity index (χ0v) is 17.0. The van der Waals surface area contributed by atoms with Gasteiger partial charge in [0, 0.05) is 6.61 Å². The molecule has 1 aromatic heterocycles. The Bertz CT molecular complexity index is 979. The van der Waals surface area contributed by atoms with Gasteiger partial charge in [0.2, 0.25) is 0 Å². The van der Waals surface area contributed by atoms with E-state index in [0.29, 0.717) is 17.4 Å². The molecule has 2 heterocycles. The largest absolute Gasteiger partial charge is 0.484 e. The second kappa shape index (κ2) is 8.29. The van der Waals surface area contributed by atoms with Crippen molar-refractivity contribution >= 4 is 32.6 Å². The maximum absolute atomic E-state index is 13.0. The predicted molar refractivity (Wildman–Crippen MR) is 112 cm³/mol. The Balaban J connectivity index is 1.55. The number of carbonyl (C=O) groups is 1. The number of aromatic nitrogens is 1. The summed E-state index contributed by atoms with van der Waals surface area (Å²) in [5.74, 6) is 0.595. The average Bonchev–Trinajstić information content (AvgIpc) is 3.33. The number of aryl methyl sites for hydroxylation is 2. The fraction of sp³-hybridized carbons (Fsp3) is 0.364. The fourth-order valence-electron chi connectivity index (χ4n) is 3.34. The molecule has 0 N–H and O–H groups in total. The quantitative estimate of drug-likeness (QED) is 0.615. The lowest BCUT2D eigenvalue weighted by atomic mass is 10.2. The molecular formula is C22H24N2O3S. The summed E-state index contributed by atoms with van der Waals surface area (Å²) in [6.45, 7) is 5.30. The van der Waals surface area contributed by atoms with E-state index in [9.17, 15) is 4.79 Å². The molecule has 0 aliphatic carbocycles. The van der Waals surface area contributed by atoms with Gasteiger partial charge in [-0.05, 0) is 62.1 Å². The molecule has 1 aliphatic rings. The number of carbonyl (C=O) groups excluding carboxylic acids is 1. The van der Waals surface area contributed by atoms with Crippen molar-refractivity contribution in [2.75, 3.05) is 24.7 Å². The highest BCUT2D eigenvalue weighted by Crippen LogP contribution is 2.30. The van der Waals surface area contributed by atoms with Crippen LogP contribution in [0.2, 0.25) is 0 Å². The van der Waals surface area contributed by atoms with Gasteiger partial charge in [-0.1, -0.05) is 29.5 Å². The van der Waals surface area contributed by atoms with Crippen molar-refractivity contribution in [2.24, 2.45) is 0 Å². The van der Waals surface area contributed by atoms with Crippen molar-refractivity contribution in [1.29, 1.82) is 0 Å². The maximum atomic E-state index is 13.0. The Morgan fingerprint density at radius 3 is 2.89 bits per heavy atom. The van der Waals surface area contributed by atoms with E-state index in [1.54, 1.807) is 4.90 Å². The average molecular weight is 397 g/mol. The summed E-state index contributed by atoms with van der Waals surface area (Å²) in [5.41, 5.74) is 3.19. The summed E-state index contributed by atoms with van der Waals surface area (Å²) in [6.07, 6.45) is 2.05. The zero-order chi connectivity index (χ0) is 19.5. The van der Waals surface area contributed by atoms with E-state index in [0.717, 1.165) is 35.2 Å². The van der Waals surface area contributed by atoms with Gasteiger partial charge in [0.1, 0.15) is 5.75 Å². The van der Waals surface area contributed by atoms with Crippen LogP contribution in [0.1, 0.15) is 24.0 Å². The molecule has 1 saturated heterocycles. The van der Waals surface area contributed by atoms with Crippen LogP contribution in [-0.2, 0) is 9.53 Å². The number of benzene rings is 2. The summed E-state index contributed by atoms with van der Waals surface area (Å²) >= 11 is 1.54. The molecule has 1 atom stereocenters. The minimum Gasteiger partial charge on any atom is -0.484 e. The first-order chi connectivity index (χ1) is 13.6. The van der Waals surface area contributed by atoms with Crippen molar-refractivity contribution in [3.05, 3.63) is 53.6 Å².